The van der Waals surface area contributed by atoms with Crippen molar-refractivity contribution >= 4 is 0 Å². The van der Waals surface area contributed by atoms with Gasteiger partial charge in [0.05, 0.1) is 0 Å². The van der Waals surface area contributed by atoms with Crippen molar-refractivity contribution in [2.75, 3.05) is 26.3 Å². The minimum absolute atomic E-state index is 0. The molecule has 0 aliphatic carbocycles. The van der Waals surface area contributed by atoms with Crippen LogP contribution in [0.4, 0.5) is 0 Å². The molecule has 1 N–H and O–H groups in total. The Balaban J connectivity index is 0.00000121. The number of hydrogen-bond donors (Lipinski definition) is 1. The van der Waals surface area contributed by atoms with Crippen LogP contribution in [0.25, 0.3) is 0 Å². The summed E-state index contributed by atoms with van der Waals surface area (Å²) in [6.45, 7) is 6.43. The lowest BCUT2D eigenvalue weighted by Crippen LogP contribution is -3.00. The van der Waals surface area contributed by atoms with Gasteiger partial charge in [0.25, 0.3) is 0 Å². The lowest BCUT2D eigenvalue weighted by Gasteiger charge is -2.22. The fraction of sp³-hybridized carbons (Fsp3) is 1.00. The third kappa shape index (κ3) is 4.96. The molecule has 1 fully saturated rings. The Bertz CT molecular complexity index is 94.5. The molecule has 1 rings (SSSR count). The van der Waals surface area contributed by atoms with Crippen LogP contribution in [0.15, 0.2) is 0 Å². The number of hydrogen-bond acceptors (Lipinski definition) is 2. The van der Waals surface area contributed by atoms with Crippen LogP contribution >= 0.6 is 0 Å². The van der Waals surface area contributed by atoms with Gasteiger partial charge in [0.2, 0.25) is 0 Å². The van der Waals surface area contributed by atoms with Crippen molar-refractivity contribution in [3.8, 4) is 0 Å². The first-order valence-electron chi connectivity index (χ1n) is 4.72. The van der Waals surface area contributed by atoms with Gasteiger partial charge in [0, 0.05) is 13.2 Å². The maximum absolute atomic E-state index is 5.49. The van der Waals surface area contributed by atoms with E-state index in [-0.39, 0.29) is 12.4 Å². The molecule has 0 spiro atoms. The number of rotatable bonds is 4. The third-order valence-electron chi connectivity index (χ3n) is 2.16. The molecule has 1 saturated heterocycles. The largest absolute Gasteiger partial charge is 1.00 e. The first kappa shape index (κ1) is 12.2. The molecule has 1 aliphatic rings. The Morgan fingerprint density at radius 1 is 1.33 bits per heavy atom. The molecule has 0 aromatic rings. The Hall–Kier alpha value is 0.210. The Morgan fingerprint density at radius 3 is 2.58 bits per heavy atom. The molecule has 0 atom stereocenters. The molecule has 0 amide bonds. The van der Waals surface area contributed by atoms with Gasteiger partial charge < -0.3 is 22.5 Å². The van der Waals surface area contributed by atoms with Crippen molar-refractivity contribution < 1.29 is 17.1 Å². The lowest BCUT2D eigenvalue weighted by molar-refractivity contribution is -0.00000299. The Labute approximate surface area is 81.5 Å². The maximum Gasteiger partial charge on any atom is 0.0495 e. The Morgan fingerprint density at radius 2 is 2.00 bits per heavy atom. The second kappa shape index (κ2) is 7.84. The number of ether oxygens (including phenoxy) is 1. The minimum Gasteiger partial charge on any atom is -1.00 e. The van der Waals surface area contributed by atoms with E-state index in [1.165, 1.54) is 25.9 Å². The molecule has 74 valence electrons. The summed E-state index contributed by atoms with van der Waals surface area (Å²) in [5.41, 5.74) is 0. The summed E-state index contributed by atoms with van der Waals surface area (Å²) in [6, 6.07) is 0. The average molecular weight is 193 g/mol. The van der Waals surface area contributed by atoms with Crippen molar-refractivity contribution in [1.82, 2.24) is 5.32 Å². The Kier molecular flexibility index (Phi) is 7.98. The highest BCUT2D eigenvalue weighted by molar-refractivity contribution is 4.67. The van der Waals surface area contributed by atoms with Crippen LogP contribution in [-0.2, 0) is 4.74 Å². The highest BCUT2D eigenvalue weighted by atomic mass is 35.5. The molecule has 0 saturated carbocycles. The van der Waals surface area contributed by atoms with E-state index in [1.807, 2.05) is 0 Å². The highest BCUT2D eigenvalue weighted by Crippen LogP contribution is 2.11. The fourth-order valence-electron chi connectivity index (χ4n) is 1.44. The van der Waals surface area contributed by atoms with E-state index in [9.17, 15) is 0 Å². The van der Waals surface area contributed by atoms with E-state index in [0.717, 1.165) is 25.6 Å². The molecule has 0 aromatic carbocycles. The smallest absolute Gasteiger partial charge is 0.0495 e. The molecule has 0 unspecified atom stereocenters. The monoisotopic (exact) mass is 192 g/mol. The average Bonchev–Trinajstić information content (AvgIpc) is 2.07. The van der Waals surface area contributed by atoms with Crippen molar-refractivity contribution in [3.05, 3.63) is 0 Å². The van der Waals surface area contributed by atoms with Crippen LogP contribution in [0, 0.1) is 5.92 Å². The van der Waals surface area contributed by atoms with Gasteiger partial charge in [-0.3, -0.25) is 0 Å². The predicted octanol–water partition coefficient (Wildman–Crippen LogP) is -1.58. The normalized spacial score (nSPS) is 18.8. The molecular weight excluding hydrogens is 174 g/mol. The van der Waals surface area contributed by atoms with Gasteiger partial charge in [-0.15, -0.1) is 0 Å². The quantitative estimate of drug-likeness (QED) is 0.543. The summed E-state index contributed by atoms with van der Waals surface area (Å²) in [5, 5.41) is 3.35. The molecular formula is C9H19ClNO-. The van der Waals surface area contributed by atoms with Crippen LogP contribution in [0.2, 0.25) is 0 Å². The van der Waals surface area contributed by atoms with Crippen LogP contribution in [0.5, 0.6) is 0 Å². The van der Waals surface area contributed by atoms with Crippen LogP contribution in [-0.4, -0.2) is 26.3 Å². The first-order valence-corrected chi connectivity index (χ1v) is 4.72. The van der Waals surface area contributed by atoms with E-state index >= 15 is 0 Å². The number of halogens is 1. The van der Waals surface area contributed by atoms with Crippen molar-refractivity contribution in [1.29, 1.82) is 0 Å². The van der Waals surface area contributed by atoms with Gasteiger partial charge in [-0.05, 0) is 38.3 Å². The molecule has 1 aliphatic heterocycles. The third-order valence-corrected chi connectivity index (χ3v) is 2.16. The predicted molar refractivity (Wildman–Crippen MR) is 46.7 cm³/mol. The molecule has 0 aromatic heterocycles. The van der Waals surface area contributed by atoms with Gasteiger partial charge in [0.1, 0.15) is 0 Å². The molecule has 2 nitrogen and oxygen atoms in total. The summed E-state index contributed by atoms with van der Waals surface area (Å²) in [4.78, 5) is 0. The highest BCUT2D eigenvalue weighted by Gasteiger charge is 2.11. The lowest BCUT2D eigenvalue weighted by atomic mass is 9.99. The van der Waals surface area contributed by atoms with Crippen molar-refractivity contribution in [2.24, 2.45) is 5.92 Å². The van der Waals surface area contributed by atoms with E-state index in [4.69, 9.17) is 4.74 Å². The molecule has 1 heterocycles. The van der Waals surface area contributed by atoms with Crippen molar-refractivity contribution in [2.45, 2.75) is 26.2 Å². The van der Waals surface area contributed by atoms with Gasteiger partial charge in [0.15, 0.2) is 0 Å². The fourth-order valence-corrected chi connectivity index (χ4v) is 1.44. The van der Waals surface area contributed by atoms with E-state index in [0.29, 0.717) is 0 Å². The summed E-state index contributed by atoms with van der Waals surface area (Å²) >= 11 is 0. The number of nitrogens with one attached hydrogen (secondary N) is 1. The molecule has 12 heavy (non-hydrogen) atoms. The van der Waals surface area contributed by atoms with Gasteiger partial charge in [-0.25, -0.2) is 0 Å². The number of piperidine rings is 1. The minimum atomic E-state index is 0. The topological polar surface area (TPSA) is 21.3 Å². The second-order valence-corrected chi connectivity index (χ2v) is 3.27. The molecule has 3 heteroatoms. The van der Waals surface area contributed by atoms with Crippen LogP contribution in [0.1, 0.15) is 26.2 Å². The molecule has 0 bridgehead atoms. The summed E-state index contributed by atoms with van der Waals surface area (Å²) in [6.07, 6.45) is 3.73. The molecule has 0 radical (unpaired) electrons. The zero-order valence-electron chi connectivity index (χ0n) is 7.81. The SMILES string of the molecule is CCCOCC1CCNCC1.[Cl-]. The maximum atomic E-state index is 5.49. The van der Waals surface area contributed by atoms with Crippen LogP contribution in [0.3, 0.4) is 0 Å². The summed E-state index contributed by atoms with van der Waals surface area (Å²) in [5.74, 6) is 0.822. The first-order chi connectivity index (χ1) is 5.43. The zero-order valence-corrected chi connectivity index (χ0v) is 8.57. The van der Waals surface area contributed by atoms with E-state index in [2.05, 4.69) is 12.2 Å². The standard InChI is InChI=1S/C9H19NO.ClH/c1-2-7-11-8-9-3-5-10-6-4-9;/h9-10H,2-8H2,1H3;1H/p-1. The van der Waals surface area contributed by atoms with E-state index in [1.54, 1.807) is 0 Å². The summed E-state index contributed by atoms with van der Waals surface area (Å²) in [7, 11) is 0. The summed E-state index contributed by atoms with van der Waals surface area (Å²) < 4.78 is 5.49. The van der Waals surface area contributed by atoms with Gasteiger partial charge in [-0.2, -0.15) is 0 Å². The van der Waals surface area contributed by atoms with Crippen LogP contribution < -0.4 is 17.7 Å². The van der Waals surface area contributed by atoms with Gasteiger partial charge >= 0.3 is 0 Å². The van der Waals surface area contributed by atoms with E-state index < -0.39 is 0 Å². The van der Waals surface area contributed by atoms with Gasteiger partial charge in [-0.1, -0.05) is 6.92 Å². The second-order valence-electron chi connectivity index (χ2n) is 3.27. The zero-order chi connectivity index (χ0) is 7.94. The van der Waals surface area contributed by atoms with Crippen molar-refractivity contribution in [3.63, 3.8) is 0 Å².